The van der Waals surface area contributed by atoms with Crippen LogP contribution in [0.3, 0.4) is 0 Å². The van der Waals surface area contributed by atoms with Gasteiger partial charge in [-0.3, -0.25) is 9.69 Å². The Balaban J connectivity index is 1.73. The molecule has 1 aromatic rings. The van der Waals surface area contributed by atoms with E-state index in [-0.39, 0.29) is 17.9 Å². The minimum Gasteiger partial charge on any atom is -0.441 e. The molecule has 0 unspecified atom stereocenters. The predicted octanol–water partition coefficient (Wildman–Crippen LogP) is 2.06. The Morgan fingerprint density at radius 2 is 1.90 bits per heavy atom. The number of rotatable bonds is 2. The summed E-state index contributed by atoms with van der Waals surface area (Å²) in [5, 5.41) is 0. The van der Waals surface area contributed by atoms with E-state index in [1.165, 1.54) is 0 Å². The van der Waals surface area contributed by atoms with E-state index in [0.29, 0.717) is 32.2 Å². The maximum absolute atomic E-state index is 12.1. The molecule has 0 radical (unpaired) electrons. The van der Waals surface area contributed by atoms with E-state index < -0.39 is 5.60 Å². The van der Waals surface area contributed by atoms with Crippen molar-refractivity contribution in [2.24, 2.45) is 11.7 Å². The van der Waals surface area contributed by atoms with Gasteiger partial charge in [0.1, 0.15) is 5.60 Å². The second kappa shape index (κ2) is 4.81. The molecular formula is C15H18N2O3. The van der Waals surface area contributed by atoms with Crippen LogP contribution in [0, 0.1) is 5.92 Å². The van der Waals surface area contributed by atoms with Gasteiger partial charge in [-0.05, 0) is 37.8 Å². The highest BCUT2D eigenvalue weighted by Gasteiger charge is 2.48. The van der Waals surface area contributed by atoms with Crippen molar-refractivity contribution < 1.29 is 14.3 Å². The predicted molar refractivity (Wildman–Crippen MR) is 74.2 cm³/mol. The Kier molecular flexibility index (Phi) is 3.12. The van der Waals surface area contributed by atoms with E-state index in [1.54, 1.807) is 4.90 Å². The van der Waals surface area contributed by atoms with Crippen LogP contribution in [0.15, 0.2) is 30.3 Å². The molecular weight excluding hydrogens is 256 g/mol. The highest BCUT2D eigenvalue weighted by atomic mass is 16.6. The first-order valence-electron chi connectivity index (χ1n) is 6.95. The number of anilines is 1. The number of nitrogens with two attached hydrogens (primary N) is 1. The molecule has 0 aromatic heterocycles. The number of ether oxygens (including phenoxy) is 1. The van der Waals surface area contributed by atoms with E-state index in [1.807, 2.05) is 30.3 Å². The topological polar surface area (TPSA) is 72.6 Å². The molecule has 3 rings (SSSR count). The zero-order valence-corrected chi connectivity index (χ0v) is 11.2. The lowest BCUT2D eigenvalue weighted by atomic mass is 9.78. The van der Waals surface area contributed by atoms with Gasteiger partial charge in [-0.2, -0.15) is 0 Å². The van der Waals surface area contributed by atoms with E-state index in [9.17, 15) is 9.59 Å². The number of carbonyl (C=O) groups is 2. The van der Waals surface area contributed by atoms with Crippen molar-refractivity contribution in [3.8, 4) is 0 Å². The van der Waals surface area contributed by atoms with Crippen molar-refractivity contribution in [2.45, 2.75) is 31.3 Å². The highest BCUT2D eigenvalue weighted by Crippen LogP contribution is 2.40. The van der Waals surface area contributed by atoms with E-state index in [0.717, 1.165) is 5.69 Å². The third-order valence-electron chi connectivity index (χ3n) is 4.34. The van der Waals surface area contributed by atoms with Crippen LogP contribution >= 0.6 is 0 Å². The fourth-order valence-corrected chi connectivity index (χ4v) is 3.12. The zero-order valence-electron chi connectivity index (χ0n) is 11.2. The fraction of sp³-hybridized carbons (Fsp3) is 0.467. The van der Waals surface area contributed by atoms with E-state index >= 15 is 0 Å². The van der Waals surface area contributed by atoms with Gasteiger partial charge in [0, 0.05) is 11.6 Å². The lowest BCUT2D eigenvalue weighted by molar-refractivity contribution is -0.124. The lowest BCUT2D eigenvalue weighted by Gasteiger charge is -2.33. The summed E-state index contributed by atoms with van der Waals surface area (Å²) in [6.45, 7) is 0.557. The summed E-state index contributed by atoms with van der Waals surface area (Å²) < 4.78 is 5.62. The van der Waals surface area contributed by atoms with Crippen LogP contribution in [0.4, 0.5) is 10.5 Å². The van der Waals surface area contributed by atoms with Gasteiger partial charge in [-0.15, -0.1) is 0 Å². The maximum atomic E-state index is 12.1. The molecule has 1 spiro atoms. The highest BCUT2D eigenvalue weighted by molar-refractivity contribution is 5.90. The van der Waals surface area contributed by atoms with Crippen LogP contribution in [0.25, 0.3) is 0 Å². The Hall–Kier alpha value is -2.04. The third-order valence-corrected chi connectivity index (χ3v) is 4.34. The molecule has 1 heterocycles. The minimum absolute atomic E-state index is 0.0786. The normalized spacial score (nSPS) is 29.5. The molecule has 2 fully saturated rings. The van der Waals surface area contributed by atoms with Gasteiger partial charge in [-0.25, -0.2) is 4.79 Å². The number of benzene rings is 1. The number of primary amides is 1. The fourth-order valence-electron chi connectivity index (χ4n) is 3.12. The first-order chi connectivity index (χ1) is 9.60. The Morgan fingerprint density at radius 1 is 1.25 bits per heavy atom. The molecule has 2 amide bonds. The average Bonchev–Trinajstić information content (AvgIpc) is 2.77. The van der Waals surface area contributed by atoms with Crippen LogP contribution in [0.5, 0.6) is 0 Å². The molecule has 1 aliphatic carbocycles. The van der Waals surface area contributed by atoms with E-state index in [2.05, 4.69) is 0 Å². The molecule has 1 saturated heterocycles. The molecule has 5 nitrogen and oxygen atoms in total. The first-order valence-corrected chi connectivity index (χ1v) is 6.95. The van der Waals surface area contributed by atoms with Gasteiger partial charge in [-0.1, -0.05) is 18.2 Å². The Labute approximate surface area is 117 Å². The largest absolute Gasteiger partial charge is 0.441 e. The molecule has 1 aromatic carbocycles. The standard InChI is InChI=1S/C15H18N2O3/c16-13(18)11-6-8-15(9-7-11)10-17(14(19)20-15)12-4-2-1-3-5-12/h1-5,11H,6-10H2,(H2,16,18). The van der Waals surface area contributed by atoms with E-state index in [4.69, 9.17) is 10.5 Å². The van der Waals surface area contributed by atoms with Crippen LogP contribution in [0.2, 0.25) is 0 Å². The van der Waals surface area contributed by atoms with Gasteiger partial charge in [0.05, 0.1) is 6.54 Å². The number of nitrogens with zero attached hydrogens (tertiary/aromatic N) is 1. The summed E-state index contributed by atoms with van der Waals surface area (Å²) in [4.78, 5) is 25.0. The van der Waals surface area contributed by atoms with Gasteiger partial charge in [0.25, 0.3) is 0 Å². The summed E-state index contributed by atoms with van der Waals surface area (Å²) in [7, 11) is 0. The zero-order chi connectivity index (χ0) is 14.2. The summed E-state index contributed by atoms with van der Waals surface area (Å²) in [6.07, 6.45) is 2.51. The van der Waals surface area contributed by atoms with Crippen LogP contribution in [0.1, 0.15) is 25.7 Å². The molecule has 20 heavy (non-hydrogen) atoms. The summed E-state index contributed by atoms with van der Waals surface area (Å²) >= 11 is 0. The molecule has 2 N–H and O–H groups in total. The smallest absolute Gasteiger partial charge is 0.415 e. The van der Waals surface area contributed by atoms with Crippen LogP contribution in [-0.4, -0.2) is 24.1 Å². The molecule has 1 aliphatic heterocycles. The van der Waals surface area contributed by atoms with Crippen molar-refractivity contribution >= 4 is 17.7 Å². The summed E-state index contributed by atoms with van der Waals surface area (Å²) in [5.41, 5.74) is 5.75. The number of amides is 2. The molecule has 1 saturated carbocycles. The second-order valence-corrected chi connectivity index (χ2v) is 5.65. The Bertz CT molecular complexity index is 521. The Morgan fingerprint density at radius 3 is 2.50 bits per heavy atom. The van der Waals surface area contributed by atoms with Gasteiger partial charge in [0.15, 0.2) is 0 Å². The van der Waals surface area contributed by atoms with Crippen LogP contribution < -0.4 is 10.6 Å². The SMILES string of the molecule is NC(=O)C1CCC2(CC1)CN(c1ccccc1)C(=O)O2. The van der Waals surface area contributed by atoms with Crippen molar-refractivity contribution in [3.63, 3.8) is 0 Å². The molecule has 0 atom stereocenters. The number of carbonyl (C=O) groups excluding carboxylic acids is 2. The van der Waals surface area contributed by atoms with Gasteiger partial charge in [0.2, 0.25) is 5.91 Å². The summed E-state index contributed by atoms with van der Waals surface area (Å²) in [6, 6.07) is 9.51. The van der Waals surface area contributed by atoms with Crippen LogP contribution in [-0.2, 0) is 9.53 Å². The quantitative estimate of drug-likeness (QED) is 0.897. The van der Waals surface area contributed by atoms with Crippen molar-refractivity contribution in [1.82, 2.24) is 0 Å². The maximum Gasteiger partial charge on any atom is 0.415 e. The third kappa shape index (κ3) is 2.24. The van der Waals surface area contributed by atoms with Crippen molar-refractivity contribution in [2.75, 3.05) is 11.4 Å². The summed E-state index contributed by atoms with van der Waals surface area (Å²) in [5.74, 6) is -0.325. The average molecular weight is 274 g/mol. The first kappa shape index (κ1) is 13.0. The molecule has 106 valence electrons. The monoisotopic (exact) mass is 274 g/mol. The number of hydrogen-bond acceptors (Lipinski definition) is 3. The lowest BCUT2D eigenvalue weighted by Crippen LogP contribution is -2.41. The second-order valence-electron chi connectivity index (χ2n) is 5.65. The minimum atomic E-state index is -0.446. The van der Waals surface area contributed by atoms with Crippen molar-refractivity contribution in [1.29, 1.82) is 0 Å². The molecule has 0 bridgehead atoms. The van der Waals surface area contributed by atoms with Gasteiger partial charge >= 0.3 is 6.09 Å². The number of para-hydroxylation sites is 1. The molecule has 5 heteroatoms. The van der Waals surface area contributed by atoms with Crippen molar-refractivity contribution in [3.05, 3.63) is 30.3 Å². The molecule has 2 aliphatic rings. The number of hydrogen-bond donors (Lipinski definition) is 1. The van der Waals surface area contributed by atoms with Gasteiger partial charge < -0.3 is 10.5 Å².